The van der Waals surface area contributed by atoms with Crippen LogP contribution in [0.1, 0.15) is 38.3 Å². The van der Waals surface area contributed by atoms with Gasteiger partial charge in [0.05, 0.1) is 5.56 Å². The summed E-state index contributed by atoms with van der Waals surface area (Å²) in [5, 5.41) is 7.69. The molecule has 0 aliphatic carbocycles. The molecule has 1 rings (SSSR count). The number of hydrogen-bond donors (Lipinski definition) is 2. The number of nitrogen functional groups attached to an aromatic ring is 1. The van der Waals surface area contributed by atoms with Gasteiger partial charge >= 0.3 is 0 Å². The summed E-state index contributed by atoms with van der Waals surface area (Å²) >= 11 is 0. The van der Waals surface area contributed by atoms with Crippen molar-refractivity contribution >= 4 is 11.7 Å². The maximum atomic E-state index is 7.69. The molecule has 0 radical (unpaired) electrons. The second-order valence-corrected chi connectivity index (χ2v) is 4.53. The Bertz CT molecular complexity index is 398. The predicted molar refractivity (Wildman–Crippen MR) is 72.8 cm³/mol. The normalized spacial score (nSPS) is 10.6. The van der Waals surface area contributed by atoms with Crippen LogP contribution in [0.3, 0.4) is 0 Å². The minimum Gasteiger partial charge on any atom is -0.384 e. The molecule has 1 heterocycles. The average molecular weight is 234 g/mol. The average Bonchev–Trinajstić information content (AvgIpc) is 2.24. The first-order valence-electron chi connectivity index (χ1n) is 6.05. The van der Waals surface area contributed by atoms with E-state index in [0.717, 1.165) is 29.9 Å². The largest absolute Gasteiger partial charge is 0.384 e. The van der Waals surface area contributed by atoms with Crippen molar-refractivity contribution in [2.75, 3.05) is 11.4 Å². The zero-order valence-corrected chi connectivity index (χ0v) is 11.1. The number of amidine groups is 1. The second-order valence-electron chi connectivity index (χ2n) is 4.53. The lowest BCUT2D eigenvalue weighted by Crippen LogP contribution is -2.34. The van der Waals surface area contributed by atoms with Gasteiger partial charge in [0, 0.05) is 18.8 Å². The lowest BCUT2D eigenvalue weighted by Gasteiger charge is -2.29. The topological polar surface area (TPSA) is 66.0 Å². The van der Waals surface area contributed by atoms with Gasteiger partial charge < -0.3 is 10.6 Å². The highest BCUT2D eigenvalue weighted by atomic mass is 15.2. The first-order chi connectivity index (χ1) is 7.99. The van der Waals surface area contributed by atoms with Crippen molar-refractivity contribution in [3.8, 4) is 0 Å². The van der Waals surface area contributed by atoms with Gasteiger partial charge in [-0.1, -0.05) is 6.92 Å². The Morgan fingerprint density at radius 2 is 2.18 bits per heavy atom. The highest BCUT2D eigenvalue weighted by Gasteiger charge is 2.18. The van der Waals surface area contributed by atoms with Gasteiger partial charge in [0.1, 0.15) is 11.7 Å². The first-order valence-corrected chi connectivity index (χ1v) is 6.05. The van der Waals surface area contributed by atoms with Gasteiger partial charge in [0.15, 0.2) is 0 Å². The summed E-state index contributed by atoms with van der Waals surface area (Å²) < 4.78 is 0. The Kier molecular flexibility index (Phi) is 4.49. The van der Waals surface area contributed by atoms with Crippen molar-refractivity contribution in [2.45, 2.75) is 40.2 Å². The van der Waals surface area contributed by atoms with Crippen molar-refractivity contribution in [3.05, 3.63) is 23.4 Å². The van der Waals surface area contributed by atoms with Gasteiger partial charge in [-0.25, -0.2) is 4.98 Å². The van der Waals surface area contributed by atoms with Crippen LogP contribution in [0.2, 0.25) is 0 Å². The van der Waals surface area contributed by atoms with Crippen molar-refractivity contribution in [3.63, 3.8) is 0 Å². The Labute approximate surface area is 103 Å². The predicted octanol–water partition coefficient (Wildman–Crippen LogP) is 2.30. The van der Waals surface area contributed by atoms with Crippen molar-refractivity contribution < 1.29 is 0 Å². The Balaban J connectivity index is 3.27. The number of hydrogen-bond acceptors (Lipinski definition) is 3. The van der Waals surface area contributed by atoms with E-state index in [1.54, 1.807) is 6.20 Å². The van der Waals surface area contributed by atoms with Crippen LogP contribution in [0, 0.1) is 12.3 Å². The van der Waals surface area contributed by atoms with Crippen molar-refractivity contribution in [1.82, 2.24) is 4.98 Å². The van der Waals surface area contributed by atoms with Crippen LogP contribution in [0.25, 0.3) is 0 Å². The van der Waals surface area contributed by atoms with E-state index in [1.165, 1.54) is 0 Å². The third-order valence-corrected chi connectivity index (χ3v) is 2.77. The molecule has 0 bridgehead atoms. The molecule has 0 saturated carbocycles. The summed E-state index contributed by atoms with van der Waals surface area (Å²) in [4.78, 5) is 6.60. The molecule has 17 heavy (non-hydrogen) atoms. The molecule has 0 unspecified atom stereocenters. The van der Waals surface area contributed by atoms with Crippen LogP contribution in [0.5, 0.6) is 0 Å². The van der Waals surface area contributed by atoms with Gasteiger partial charge in [-0.3, -0.25) is 5.41 Å². The van der Waals surface area contributed by atoms with E-state index < -0.39 is 0 Å². The number of anilines is 1. The molecule has 0 aliphatic heterocycles. The van der Waals surface area contributed by atoms with Gasteiger partial charge in [0.2, 0.25) is 0 Å². The minimum absolute atomic E-state index is 0.0901. The van der Waals surface area contributed by atoms with Gasteiger partial charge in [0.25, 0.3) is 0 Å². The fraction of sp³-hybridized carbons (Fsp3) is 0.538. The van der Waals surface area contributed by atoms with Gasteiger partial charge in [-0.05, 0) is 38.8 Å². The molecular weight excluding hydrogens is 212 g/mol. The zero-order chi connectivity index (χ0) is 13.0. The van der Waals surface area contributed by atoms with E-state index in [1.807, 2.05) is 13.0 Å². The summed E-state index contributed by atoms with van der Waals surface area (Å²) in [6.45, 7) is 9.28. The van der Waals surface area contributed by atoms with Crippen LogP contribution in [-0.2, 0) is 0 Å². The van der Waals surface area contributed by atoms with E-state index in [0.29, 0.717) is 6.04 Å². The summed E-state index contributed by atoms with van der Waals surface area (Å²) in [5.41, 5.74) is 7.43. The first kappa shape index (κ1) is 13.5. The van der Waals surface area contributed by atoms with Crippen LogP contribution in [0.4, 0.5) is 5.82 Å². The highest BCUT2D eigenvalue weighted by molar-refractivity contribution is 6.01. The van der Waals surface area contributed by atoms with E-state index in [-0.39, 0.29) is 5.84 Å². The SMILES string of the molecule is CCCN(c1nccc(C)c1C(=N)N)C(C)C. The molecule has 0 aliphatic rings. The third-order valence-electron chi connectivity index (χ3n) is 2.77. The summed E-state index contributed by atoms with van der Waals surface area (Å²) in [6, 6.07) is 2.24. The zero-order valence-electron chi connectivity index (χ0n) is 11.1. The number of rotatable bonds is 5. The molecule has 0 spiro atoms. The Morgan fingerprint density at radius 3 is 2.65 bits per heavy atom. The third kappa shape index (κ3) is 2.96. The van der Waals surface area contributed by atoms with E-state index in [9.17, 15) is 0 Å². The molecule has 0 aromatic carbocycles. The smallest absolute Gasteiger partial charge is 0.140 e. The van der Waals surface area contributed by atoms with E-state index in [4.69, 9.17) is 11.1 Å². The lowest BCUT2D eigenvalue weighted by atomic mass is 10.1. The molecule has 1 aromatic rings. The van der Waals surface area contributed by atoms with Crippen LogP contribution >= 0.6 is 0 Å². The Morgan fingerprint density at radius 1 is 1.53 bits per heavy atom. The lowest BCUT2D eigenvalue weighted by molar-refractivity contribution is 0.661. The van der Waals surface area contributed by atoms with Gasteiger partial charge in [-0.15, -0.1) is 0 Å². The molecule has 0 amide bonds. The molecule has 4 nitrogen and oxygen atoms in total. The fourth-order valence-corrected chi connectivity index (χ4v) is 1.94. The monoisotopic (exact) mass is 234 g/mol. The molecule has 4 heteroatoms. The van der Waals surface area contributed by atoms with Crippen molar-refractivity contribution in [1.29, 1.82) is 5.41 Å². The number of aryl methyl sites for hydroxylation is 1. The van der Waals surface area contributed by atoms with Crippen LogP contribution in [-0.4, -0.2) is 23.4 Å². The van der Waals surface area contributed by atoms with E-state index in [2.05, 4.69) is 30.7 Å². The second kappa shape index (κ2) is 5.66. The molecule has 0 saturated heterocycles. The fourth-order valence-electron chi connectivity index (χ4n) is 1.94. The highest BCUT2D eigenvalue weighted by Crippen LogP contribution is 2.22. The summed E-state index contributed by atoms with van der Waals surface area (Å²) in [7, 11) is 0. The number of pyridine rings is 1. The summed E-state index contributed by atoms with van der Waals surface area (Å²) in [6.07, 6.45) is 2.83. The molecular formula is C13H22N4. The maximum Gasteiger partial charge on any atom is 0.140 e. The number of nitrogens with one attached hydrogen (secondary N) is 1. The minimum atomic E-state index is 0.0901. The molecule has 0 atom stereocenters. The van der Waals surface area contributed by atoms with E-state index >= 15 is 0 Å². The summed E-state index contributed by atoms with van der Waals surface area (Å²) in [5.74, 6) is 0.918. The van der Waals surface area contributed by atoms with Crippen molar-refractivity contribution in [2.24, 2.45) is 5.73 Å². The molecule has 3 N–H and O–H groups in total. The maximum absolute atomic E-state index is 7.69. The van der Waals surface area contributed by atoms with Crippen LogP contribution in [0.15, 0.2) is 12.3 Å². The Hall–Kier alpha value is -1.58. The molecule has 94 valence electrons. The number of nitrogens with zero attached hydrogens (tertiary/aromatic N) is 2. The number of aromatic nitrogens is 1. The van der Waals surface area contributed by atoms with Crippen LogP contribution < -0.4 is 10.6 Å². The molecule has 0 fully saturated rings. The molecule has 1 aromatic heterocycles. The number of nitrogens with two attached hydrogens (primary N) is 1. The standard InChI is InChI=1S/C13H22N4/c1-5-8-17(9(2)3)13-11(12(14)15)10(4)6-7-16-13/h6-7,9H,5,8H2,1-4H3,(H3,14,15). The van der Waals surface area contributed by atoms with Gasteiger partial charge in [-0.2, -0.15) is 0 Å². The quantitative estimate of drug-likeness (QED) is 0.607.